The summed E-state index contributed by atoms with van der Waals surface area (Å²) in [5, 5.41) is 3.88. The second-order valence-corrected chi connectivity index (χ2v) is 6.48. The minimum absolute atomic E-state index is 0.309. The van der Waals surface area contributed by atoms with Crippen LogP contribution < -0.4 is 10.1 Å². The van der Waals surface area contributed by atoms with Crippen molar-refractivity contribution in [3.8, 4) is 5.75 Å². The molecular weight excluding hydrogens is 342 g/mol. The molecule has 0 aliphatic heterocycles. The van der Waals surface area contributed by atoms with Crippen molar-refractivity contribution >= 4 is 29.1 Å². The Balaban J connectivity index is 1.77. The fourth-order valence-electron chi connectivity index (χ4n) is 2.35. The number of nitrogens with one attached hydrogen (secondary N) is 1. The molecular formula is C18H19NO5S. The van der Waals surface area contributed by atoms with Gasteiger partial charge in [0.05, 0.1) is 4.88 Å². The number of rotatable bonds is 6. The van der Waals surface area contributed by atoms with Crippen LogP contribution >= 0.6 is 11.3 Å². The molecule has 0 fully saturated rings. The van der Waals surface area contributed by atoms with Crippen LogP contribution in [0.3, 0.4) is 0 Å². The standard InChI is InChI=1S/C18H19NO5S/c1-11-7-12(2)17(13(3)8-11)24-10-16(21)23-9-15(20)19-18(22)14-5-4-6-25-14/h4-8H,9-10H2,1-3H3,(H,19,20,22). The van der Waals surface area contributed by atoms with Gasteiger partial charge >= 0.3 is 5.97 Å². The van der Waals surface area contributed by atoms with Crippen molar-refractivity contribution in [3.05, 3.63) is 51.2 Å². The molecule has 1 aromatic heterocycles. The molecule has 0 aliphatic carbocycles. The van der Waals surface area contributed by atoms with Gasteiger partial charge in [-0.15, -0.1) is 11.3 Å². The first-order valence-corrected chi connectivity index (χ1v) is 8.48. The first kappa shape index (κ1) is 18.7. The van der Waals surface area contributed by atoms with Gasteiger partial charge in [0.2, 0.25) is 0 Å². The molecule has 6 nitrogen and oxygen atoms in total. The summed E-state index contributed by atoms with van der Waals surface area (Å²) in [5.74, 6) is -1.26. The van der Waals surface area contributed by atoms with Crippen molar-refractivity contribution in [1.82, 2.24) is 5.32 Å². The monoisotopic (exact) mass is 361 g/mol. The van der Waals surface area contributed by atoms with Crippen LogP contribution in [-0.4, -0.2) is 31.0 Å². The SMILES string of the molecule is Cc1cc(C)c(OCC(=O)OCC(=O)NC(=O)c2cccs2)c(C)c1. The number of ether oxygens (including phenoxy) is 2. The number of amides is 2. The number of aryl methyl sites for hydroxylation is 3. The zero-order valence-electron chi connectivity index (χ0n) is 14.3. The summed E-state index contributed by atoms with van der Waals surface area (Å²) in [7, 11) is 0. The van der Waals surface area contributed by atoms with E-state index in [1.807, 2.05) is 32.9 Å². The summed E-state index contributed by atoms with van der Waals surface area (Å²) >= 11 is 1.21. The van der Waals surface area contributed by atoms with Gasteiger partial charge in [-0.1, -0.05) is 23.8 Å². The van der Waals surface area contributed by atoms with E-state index in [2.05, 4.69) is 5.32 Å². The van der Waals surface area contributed by atoms with E-state index in [9.17, 15) is 14.4 Å². The molecule has 0 atom stereocenters. The van der Waals surface area contributed by atoms with Crippen LogP contribution in [0.25, 0.3) is 0 Å². The fourth-order valence-corrected chi connectivity index (χ4v) is 2.96. The lowest BCUT2D eigenvalue weighted by atomic mass is 10.1. The minimum atomic E-state index is -0.686. The number of thiophene rings is 1. The smallest absolute Gasteiger partial charge is 0.344 e. The van der Waals surface area contributed by atoms with Crippen LogP contribution in [0, 0.1) is 20.8 Å². The molecule has 0 radical (unpaired) electrons. The highest BCUT2D eigenvalue weighted by molar-refractivity contribution is 7.12. The van der Waals surface area contributed by atoms with Crippen LogP contribution in [0.1, 0.15) is 26.4 Å². The van der Waals surface area contributed by atoms with E-state index in [1.54, 1.807) is 17.5 Å². The molecule has 0 spiro atoms. The molecule has 0 aliphatic rings. The number of esters is 1. The third-order valence-corrected chi connectivity index (χ3v) is 4.17. The Morgan fingerprint density at radius 1 is 1.08 bits per heavy atom. The lowest BCUT2D eigenvalue weighted by molar-refractivity contribution is -0.150. The summed E-state index contributed by atoms with van der Waals surface area (Å²) in [4.78, 5) is 35.4. The van der Waals surface area contributed by atoms with Gasteiger partial charge in [0, 0.05) is 0 Å². The maximum atomic E-state index is 11.7. The lowest BCUT2D eigenvalue weighted by Crippen LogP contribution is -2.34. The third-order valence-electron chi connectivity index (χ3n) is 3.30. The summed E-state index contributed by atoms with van der Waals surface area (Å²) in [6.45, 7) is 4.92. The summed E-state index contributed by atoms with van der Waals surface area (Å²) < 4.78 is 10.3. The van der Waals surface area contributed by atoms with Gasteiger partial charge in [0.1, 0.15) is 5.75 Å². The second-order valence-electron chi connectivity index (χ2n) is 5.53. The number of carbonyl (C=O) groups is 3. The first-order valence-electron chi connectivity index (χ1n) is 7.60. The molecule has 0 bridgehead atoms. The molecule has 2 amide bonds. The Hall–Kier alpha value is -2.67. The Kier molecular flexibility index (Phi) is 6.30. The number of benzene rings is 1. The van der Waals surface area contributed by atoms with Gasteiger partial charge < -0.3 is 9.47 Å². The zero-order valence-corrected chi connectivity index (χ0v) is 15.1. The summed E-state index contributed by atoms with van der Waals surface area (Å²) in [6, 6.07) is 7.21. The van der Waals surface area contributed by atoms with Gasteiger partial charge in [-0.3, -0.25) is 14.9 Å². The summed E-state index contributed by atoms with van der Waals surface area (Å²) in [5.41, 5.74) is 2.95. The molecule has 0 saturated carbocycles. The minimum Gasteiger partial charge on any atom is -0.481 e. The highest BCUT2D eigenvalue weighted by atomic mass is 32.1. The average Bonchev–Trinajstić information content (AvgIpc) is 3.06. The highest BCUT2D eigenvalue weighted by Gasteiger charge is 2.14. The largest absolute Gasteiger partial charge is 0.481 e. The van der Waals surface area contributed by atoms with E-state index in [1.165, 1.54) is 11.3 Å². The third kappa shape index (κ3) is 5.42. The predicted molar refractivity (Wildman–Crippen MR) is 93.9 cm³/mol. The van der Waals surface area contributed by atoms with Crippen molar-refractivity contribution in [2.75, 3.05) is 13.2 Å². The van der Waals surface area contributed by atoms with Crippen molar-refractivity contribution in [2.45, 2.75) is 20.8 Å². The van der Waals surface area contributed by atoms with Crippen molar-refractivity contribution in [3.63, 3.8) is 0 Å². The van der Waals surface area contributed by atoms with Gasteiger partial charge in [-0.25, -0.2) is 4.79 Å². The van der Waals surface area contributed by atoms with E-state index in [4.69, 9.17) is 9.47 Å². The Labute approximate surface area is 149 Å². The lowest BCUT2D eigenvalue weighted by Gasteiger charge is -2.12. The number of carbonyl (C=O) groups excluding carboxylic acids is 3. The second kappa shape index (κ2) is 8.43. The van der Waals surface area contributed by atoms with E-state index in [-0.39, 0.29) is 6.61 Å². The molecule has 2 aromatic rings. The molecule has 2 rings (SSSR count). The maximum absolute atomic E-state index is 11.7. The number of hydrogen-bond donors (Lipinski definition) is 1. The van der Waals surface area contributed by atoms with Crippen LogP contribution in [0.4, 0.5) is 0 Å². The topological polar surface area (TPSA) is 81.7 Å². The van der Waals surface area contributed by atoms with Crippen molar-refractivity contribution < 1.29 is 23.9 Å². The van der Waals surface area contributed by atoms with E-state index in [0.29, 0.717) is 10.6 Å². The Morgan fingerprint density at radius 3 is 2.36 bits per heavy atom. The highest BCUT2D eigenvalue weighted by Crippen LogP contribution is 2.24. The quantitative estimate of drug-likeness (QED) is 0.800. The molecule has 0 unspecified atom stereocenters. The van der Waals surface area contributed by atoms with E-state index >= 15 is 0 Å². The maximum Gasteiger partial charge on any atom is 0.344 e. The van der Waals surface area contributed by atoms with Crippen LogP contribution in [0.2, 0.25) is 0 Å². The van der Waals surface area contributed by atoms with Gasteiger partial charge in [-0.05, 0) is 43.3 Å². The summed E-state index contributed by atoms with van der Waals surface area (Å²) in [6.07, 6.45) is 0. The van der Waals surface area contributed by atoms with Crippen LogP contribution in [0.15, 0.2) is 29.6 Å². The van der Waals surface area contributed by atoms with E-state index < -0.39 is 24.4 Å². The molecule has 1 aromatic carbocycles. The number of hydrogen-bond acceptors (Lipinski definition) is 6. The molecule has 1 heterocycles. The fraction of sp³-hybridized carbons (Fsp3) is 0.278. The Morgan fingerprint density at radius 2 is 1.76 bits per heavy atom. The van der Waals surface area contributed by atoms with Crippen LogP contribution in [0.5, 0.6) is 5.75 Å². The van der Waals surface area contributed by atoms with E-state index in [0.717, 1.165) is 16.7 Å². The van der Waals surface area contributed by atoms with Gasteiger partial charge in [0.15, 0.2) is 13.2 Å². The van der Waals surface area contributed by atoms with Gasteiger partial charge in [0.25, 0.3) is 11.8 Å². The zero-order chi connectivity index (χ0) is 18.4. The normalized spacial score (nSPS) is 10.2. The van der Waals surface area contributed by atoms with Gasteiger partial charge in [-0.2, -0.15) is 0 Å². The molecule has 1 N–H and O–H groups in total. The average molecular weight is 361 g/mol. The van der Waals surface area contributed by atoms with Crippen LogP contribution in [-0.2, 0) is 14.3 Å². The van der Waals surface area contributed by atoms with Crippen molar-refractivity contribution in [1.29, 1.82) is 0 Å². The van der Waals surface area contributed by atoms with Crippen molar-refractivity contribution in [2.24, 2.45) is 0 Å². The number of imide groups is 1. The first-order chi connectivity index (χ1) is 11.9. The Bertz CT molecular complexity index is 760. The molecule has 7 heteroatoms. The molecule has 0 saturated heterocycles. The predicted octanol–water partition coefficient (Wildman–Crippen LogP) is 2.55. The molecule has 132 valence electrons. The molecule has 25 heavy (non-hydrogen) atoms.